The van der Waals surface area contributed by atoms with Gasteiger partial charge in [0.1, 0.15) is 11.6 Å². The quantitative estimate of drug-likeness (QED) is 0.800. The van der Waals surface area contributed by atoms with E-state index in [-0.39, 0.29) is 12.5 Å². The first kappa shape index (κ1) is 19.4. The summed E-state index contributed by atoms with van der Waals surface area (Å²) in [6.07, 6.45) is 4.28. The van der Waals surface area contributed by atoms with Gasteiger partial charge < -0.3 is 14.7 Å². The molecule has 7 nitrogen and oxygen atoms in total. The first-order valence-corrected chi connectivity index (χ1v) is 9.95. The molecule has 0 aromatic rings. The van der Waals surface area contributed by atoms with Crippen molar-refractivity contribution in [3.63, 3.8) is 0 Å². The fourth-order valence-electron chi connectivity index (χ4n) is 4.36. The number of hydrogen-bond acceptors (Lipinski definition) is 5. The number of β-amino-alcohol motifs (C(OH)–C–C–N with tert-alkyl or cyclic N) is 1. The molecule has 148 valence electrons. The molecule has 3 aliphatic rings. The molecular weight excluding hydrogens is 334 g/mol. The second-order valence-electron chi connectivity index (χ2n) is 8.84. The highest BCUT2D eigenvalue weighted by Gasteiger charge is 2.43. The van der Waals surface area contributed by atoms with Crippen molar-refractivity contribution in [2.24, 2.45) is 0 Å². The van der Waals surface area contributed by atoms with Crippen LogP contribution in [0, 0.1) is 0 Å². The smallest absolute Gasteiger partial charge is 0.411 e. The molecule has 0 bridgehead atoms. The standard InChI is InChI=1S/C19H33N3O4/c1-19(2,3)26-18(25)22-13-15(23)12-16(22)17(24)21-10-8-20(9-11-21)14-6-4-5-7-14/h14-16,23H,4-13H2,1-3H3/t15-,16-/m1/s1. The summed E-state index contributed by atoms with van der Waals surface area (Å²) in [5, 5.41) is 10.0. The van der Waals surface area contributed by atoms with Crippen LogP contribution in [0.3, 0.4) is 0 Å². The summed E-state index contributed by atoms with van der Waals surface area (Å²) >= 11 is 0. The van der Waals surface area contributed by atoms with Crippen molar-refractivity contribution in [1.82, 2.24) is 14.7 Å². The summed E-state index contributed by atoms with van der Waals surface area (Å²) in [5.74, 6) is -0.0570. The van der Waals surface area contributed by atoms with Crippen molar-refractivity contribution in [2.75, 3.05) is 32.7 Å². The fraction of sp³-hybridized carbons (Fsp3) is 0.895. The van der Waals surface area contributed by atoms with Crippen LogP contribution in [-0.4, -0.2) is 88.3 Å². The molecule has 2 saturated heterocycles. The Morgan fingerprint density at radius 3 is 2.23 bits per heavy atom. The third-order valence-electron chi connectivity index (χ3n) is 5.66. The van der Waals surface area contributed by atoms with E-state index < -0.39 is 23.8 Å². The van der Waals surface area contributed by atoms with E-state index in [1.807, 2.05) is 4.90 Å². The lowest BCUT2D eigenvalue weighted by molar-refractivity contribution is -0.138. The van der Waals surface area contributed by atoms with Gasteiger partial charge in [0.25, 0.3) is 0 Å². The van der Waals surface area contributed by atoms with E-state index in [0.717, 1.165) is 13.1 Å². The van der Waals surface area contributed by atoms with Crippen LogP contribution in [0.25, 0.3) is 0 Å². The van der Waals surface area contributed by atoms with Gasteiger partial charge in [0.05, 0.1) is 12.6 Å². The van der Waals surface area contributed by atoms with Gasteiger partial charge in [0, 0.05) is 38.6 Å². The molecule has 7 heteroatoms. The highest BCUT2D eigenvalue weighted by molar-refractivity contribution is 5.86. The summed E-state index contributed by atoms with van der Waals surface area (Å²) in [6.45, 7) is 8.77. The molecule has 0 aromatic heterocycles. The monoisotopic (exact) mass is 367 g/mol. The maximum absolute atomic E-state index is 13.0. The molecule has 1 N–H and O–H groups in total. The van der Waals surface area contributed by atoms with Gasteiger partial charge in [0.2, 0.25) is 5.91 Å². The SMILES string of the molecule is CC(C)(C)OC(=O)N1C[C@H](O)C[C@@H]1C(=O)N1CCN(C2CCCC2)CC1. The zero-order valence-electron chi connectivity index (χ0n) is 16.3. The third-order valence-corrected chi connectivity index (χ3v) is 5.66. The van der Waals surface area contributed by atoms with E-state index in [0.29, 0.717) is 25.6 Å². The van der Waals surface area contributed by atoms with Crippen molar-refractivity contribution in [2.45, 2.75) is 76.7 Å². The van der Waals surface area contributed by atoms with E-state index in [4.69, 9.17) is 4.74 Å². The number of carbonyl (C=O) groups is 2. The lowest BCUT2D eigenvalue weighted by Gasteiger charge is -2.39. The zero-order valence-corrected chi connectivity index (χ0v) is 16.3. The minimum absolute atomic E-state index is 0.0570. The maximum atomic E-state index is 13.0. The Balaban J connectivity index is 1.58. The molecule has 0 radical (unpaired) electrons. The normalized spacial score (nSPS) is 28.6. The molecule has 0 aromatic carbocycles. The lowest BCUT2D eigenvalue weighted by Crippen LogP contribution is -2.56. The molecule has 26 heavy (non-hydrogen) atoms. The summed E-state index contributed by atoms with van der Waals surface area (Å²) in [5.41, 5.74) is -0.620. The van der Waals surface area contributed by atoms with E-state index in [1.165, 1.54) is 30.6 Å². The van der Waals surface area contributed by atoms with Crippen molar-refractivity contribution in [3.8, 4) is 0 Å². The van der Waals surface area contributed by atoms with Crippen LogP contribution >= 0.6 is 0 Å². The number of hydrogen-bond donors (Lipinski definition) is 1. The van der Waals surface area contributed by atoms with Crippen molar-refractivity contribution in [1.29, 1.82) is 0 Å². The zero-order chi connectivity index (χ0) is 18.9. The van der Waals surface area contributed by atoms with Crippen LogP contribution in [0.5, 0.6) is 0 Å². The van der Waals surface area contributed by atoms with E-state index in [2.05, 4.69) is 4.90 Å². The molecule has 3 fully saturated rings. The van der Waals surface area contributed by atoms with E-state index in [9.17, 15) is 14.7 Å². The molecule has 2 heterocycles. The van der Waals surface area contributed by atoms with Crippen LogP contribution in [0.4, 0.5) is 4.79 Å². The first-order chi connectivity index (χ1) is 12.2. The van der Waals surface area contributed by atoms with Gasteiger partial charge in [-0.1, -0.05) is 12.8 Å². The predicted molar refractivity (Wildman–Crippen MR) is 97.8 cm³/mol. The highest BCUT2D eigenvalue weighted by Crippen LogP contribution is 2.26. The van der Waals surface area contributed by atoms with Crippen molar-refractivity contribution in [3.05, 3.63) is 0 Å². The number of nitrogens with zero attached hydrogens (tertiary/aromatic N) is 3. The Bertz CT molecular complexity index is 519. The maximum Gasteiger partial charge on any atom is 0.411 e. The van der Waals surface area contributed by atoms with Gasteiger partial charge >= 0.3 is 6.09 Å². The van der Waals surface area contributed by atoms with E-state index >= 15 is 0 Å². The van der Waals surface area contributed by atoms with Gasteiger partial charge in [-0.25, -0.2) is 4.79 Å². The minimum atomic E-state index is -0.670. The van der Waals surface area contributed by atoms with Gasteiger partial charge in [-0.15, -0.1) is 0 Å². The summed E-state index contributed by atoms with van der Waals surface area (Å²) in [4.78, 5) is 31.2. The Labute approximate surface area is 156 Å². The average molecular weight is 367 g/mol. The molecule has 1 saturated carbocycles. The Morgan fingerprint density at radius 2 is 1.65 bits per heavy atom. The van der Waals surface area contributed by atoms with Crippen LogP contribution < -0.4 is 0 Å². The van der Waals surface area contributed by atoms with Crippen LogP contribution in [-0.2, 0) is 9.53 Å². The molecule has 3 rings (SSSR count). The Hall–Kier alpha value is -1.34. The Kier molecular flexibility index (Phi) is 5.77. The lowest BCUT2D eigenvalue weighted by atomic mass is 10.1. The molecule has 0 spiro atoms. The molecule has 0 unspecified atom stereocenters. The molecule has 2 amide bonds. The largest absolute Gasteiger partial charge is 0.444 e. The molecule has 1 aliphatic carbocycles. The third kappa shape index (κ3) is 4.49. The van der Waals surface area contributed by atoms with Crippen LogP contribution in [0.15, 0.2) is 0 Å². The number of ether oxygens (including phenoxy) is 1. The average Bonchev–Trinajstić information content (AvgIpc) is 3.22. The first-order valence-electron chi connectivity index (χ1n) is 9.95. The Morgan fingerprint density at radius 1 is 1.04 bits per heavy atom. The molecular formula is C19H33N3O4. The van der Waals surface area contributed by atoms with Crippen molar-refractivity contribution >= 4 is 12.0 Å². The second-order valence-corrected chi connectivity index (χ2v) is 8.84. The summed E-state index contributed by atoms with van der Waals surface area (Å²) in [7, 11) is 0. The van der Waals surface area contributed by atoms with Gasteiger partial charge in [-0.2, -0.15) is 0 Å². The molecule has 2 atom stereocenters. The highest BCUT2D eigenvalue weighted by atomic mass is 16.6. The van der Waals surface area contributed by atoms with Gasteiger partial charge in [-0.05, 0) is 33.6 Å². The number of aliphatic hydroxyl groups is 1. The van der Waals surface area contributed by atoms with Crippen LogP contribution in [0.1, 0.15) is 52.9 Å². The van der Waals surface area contributed by atoms with Gasteiger partial charge in [0.15, 0.2) is 0 Å². The topological polar surface area (TPSA) is 73.3 Å². The van der Waals surface area contributed by atoms with Crippen molar-refractivity contribution < 1.29 is 19.4 Å². The minimum Gasteiger partial charge on any atom is -0.444 e. The predicted octanol–water partition coefficient (Wildman–Crippen LogP) is 1.44. The summed E-state index contributed by atoms with van der Waals surface area (Å²) in [6, 6.07) is 0.0664. The fourth-order valence-corrected chi connectivity index (χ4v) is 4.36. The summed E-state index contributed by atoms with van der Waals surface area (Å²) < 4.78 is 5.42. The van der Waals surface area contributed by atoms with Crippen LogP contribution in [0.2, 0.25) is 0 Å². The van der Waals surface area contributed by atoms with E-state index in [1.54, 1.807) is 20.8 Å². The number of likely N-dealkylation sites (tertiary alicyclic amines) is 1. The number of amides is 2. The number of aliphatic hydroxyl groups excluding tert-OH is 1. The van der Waals surface area contributed by atoms with Gasteiger partial charge in [-0.3, -0.25) is 14.6 Å². The number of carbonyl (C=O) groups excluding carboxylic acids is 2. The number of piperazine rings is 1. The number of rotatable bonds is 2. The second kappa shape index (κ2) is 7.72. The molecule has 2 aliphatic heterocycles.